The van der Waals surface area contributed by atoms with Crippen LogP contribution in [0.2, 0.25) is 0 Å². The van der Waals surface area contributed by atoms with Crippen molar-refractivity contribution >= 4 is 17.5 Å². The average molecular weight is 328 g/mol. The molecule has 3 atom stereocenters. The van der Waals surface area contributed by atoms with E-state index < -0.39 is 5.92 Å². The van der Waals surface area contributed by atoms with Crippen LogP contribution in [0.15, 0.2) is 30.4 Å². The molecule has 1 aliphatic heterocycles. The van der Waals surface area contributed by atoms with Crippen molar-refractivity contribution in [1.82, 2.24) is 5.32 Å². The van der Waals surface area contributed by atoms with Crippen LogP contribution in [0, 0.1) is 25.7 Å². The lowest BCUT2D eigenvalue weighted by molar-refractivity contribution is -0.132. The summed E-state index contributed by atoms with van der Waals surface area (Å²) in [5.74, 6) is -0.856. The Morgan fingerprint density at radius 3 is 2.75 bits per heavy atom. The van der Waals surface area contributed by atoms with E-state index in [0.717, 1.165) is 11.3 Å². The summed E-state index contributed by atoms with van der Waals surface area (Å²) in [5.41, 5.74) is 3.19. The highest BCUT2D eigenvalue weighted by molar-refractivity contribution is 6.09. The Morgan fingerprint density at radius 1 is 1.29 bits per heavy atom. The molecule has 0 bridgehead atoms. The van der Waals surface area contributed by atoms with Gasteiger partial charge in [-0.05, 0) is 49.9 Å². The van der Waals surface area contributed by atoms with E-state index in [4.69, 9.17) is 5.11 Å². The van der Waals surface area contributed by atoms with Crippen LogP contribution < -0.4 is 10.2 Å². The molecule has 2 N–H and O–H groups in total. The molecule has 0 aromatic heterocycles. The molecule has 24 heavy (non-hydrogen) atoms. The van der Waals surface area contributed by atoms with Gasteiger partial charge in [0.05, 0.1) is 0 Å². The Balaban J connectivity index is 1.64. The number of anilines is 1. The van der Waals surface area contributed by atoms with E-state index >= 15 is 0 Å². The summed E-state index contributed by atoms with van der Waals surface area (Å²) >= 11 is 0. The Hall–Kier alpha value is -2.14. The molecule has 1 aromatic carbocycles. The molecule has 1 unspecified atom stereocenters. The van der Waals surface area contributed by atoms with Crippen LogP contribution in [0.1, 0.15) is 24.0 Å². The Kier molecular flexibility index (Phi) is 4.71. The number of amides is 2. The van der Waals surface area contributed by atoms with E-state index in [2.05, 4.69) is 5.32 Å². The highest BCUT2D eigenvalue weighted by Crippen LogP contribution is 2.27. The van der Waals surface area contributed by atoms with Gasteiger partial charge < -0.3 is 15.3 Å². The summed E-state index contributed by atoms with van der Waals surface area (Å²) in [5, 5.41) is 12.1. The van der Waals surface area contributed by atoms with Gasteiger partial charge in [0.2, 0.25) is 11.8 Å². The molecule has 1 saturated heterocycles. The number of hydrogen-bond donors (Lipinski definition) is 2. The van der Waals surface area contributed by atoms with E-state index in [9.17, 15) is 9.59 Å². The van der Waals surface area contributed by atoms with Gasteiger partial charge in [-0.1, -0.05) is 18.2 Å². The van der Waals surface area contributed by atoms with Crippen LogP contribution in [-0.2, 0) is 9.59 Å². The number of aliphatic hydroxyl groups excluding tert-OH is 1. The molecule has 1 aliphatic carbocycles. The van der Waals surface area contributed by atoms with Crippen molar-refractivity contribution < 1.29 is 14.7 Å². The van der Waals surface area contributed by atoms with Crippen molar-refractivity contribution in [2.75, 3.05) is 18.1 Å². The second kappa shape index (κ2) is 6.77. The molecule has 128 valence electrons. The minimum atomic E-state index is -0.617. The highest BCUT2D eigenvalue weighted by atomic mass is 16.3. The minimum Gasteiger partial charge on any atom is -0.396 e. The third-order valence-corrected chi connectivity index (χ3v) is 5.06. The largest absolute Gasteiger partial charge is 0.396 e. The van der Waals surface area contributed by atoms with E-state index in [1.807, 2.05) is 44.2 Å². The van der Waals surface area contributed by atoms with Crippen molar-refractivity contribution in [3.8, 4) is 0 Å². The van der Waals surface area contributed by atoms with Crippen molar-refractivity contribution in [2.45, 2.75) is 32.7 Å². The van der Waals surface area contributed by atoms with Crippen molar-refractivity contribution in [2.24, 2.45) is 11.8 Å². The summed E-state index contributed by atoms with van der Waals surface area (Å²) in [4.78, 5) is 26.8. The third kappa shape index (κ3) is 3.22. The van der Waals surface area contributed by atoms with Crippen molar-refractivity contribution in [3.05, 3.63) is 41.5 Å². The minimum absolute atomic E-state index is 0.0851. The van der Waals surface area contributed by atoms with Crippen LogP contribution in [0.25, 0.3) is 0 Å². The number of benzene rings is 1. The monoisotopic (exact) mass is 328 g/mol. The molecule has 3 rings (SSSR count). The predicted octanol–water partition coefficient (Wildman–Crippen LogP) is 1.71. The second-order valence-electron chi connectivity index (χ2n) is 6.78. The first kappa shape index (κ1) is 16.7. The lowest BCUT2D eigenvalue weighted by Gasteiger charge is -2.19. The van der Waals surface area contributed by atoms with E-state index in [-0.39, 0.29) is 30.4 Å². The van der Waals surface area contributed by atoms with Crippen LogP contribution in [0.5, 0.6) is 0 Å². The Morgan fingerprint density at radius 2 is 2.08 bits per heavy atom. The summed E-state index contributed by atoms with van der Waals surface area (Å²) in [6.07, 6.45) is 5.06. The zero-order valence-electron chi connectivity index (χ0n) is 14.2. The molecule has 0 saturated carbocycles. The van der Waals surface area contributed by atoms with Gasteiger partial charge in [-0.3, -0.25) is 9.59 Å². The maximum atomic E-state index is 12.6. The van der Waals surface area contributed by atoms with Crippen LogP contribution in [0.4, 0.5) is 5.69 Å². The lowest BCUT2D eigenvalue weighted by Crippen LogP contribution is -2.41. The van der Waals surface area contributed by atoms with Gasteiger partial charge in [-0.15, -0.1) is 0 Å². The molecular formula is C19H24N2O3. The molecule has 2 aliphatic rings. The quantitative estimate of drug-likeness (QED) is 0.653. The van der Waals surface area contributed by atoms with Gasteiger partial charge >= 0.3 is 0 Å². The fourth-order valence-corrected chi connectivity index (χ4v) is 3.37. The number of nitrogens with zero attached hydrogens (tertiary/aromatic N) is 1. The van der Waals surface area contributed by atoms with E-state index in [1.54, 1.807) is 4.90 Å². The molecule has 2 amide bonds. The predicted molar refractivity (Wildman–Crippen MR) is 92.6 cm³/mol. The van der Waals surface area contributed by atoms with Gasteiger partial charge in [0.15, 0.2) is 0 Å². The highest BCUT2D eigenvalue weighted by Gasteiger charge is 2.38. The fraction of sp³-hybridized carbons (Fsp3) is 0.474. The average Bonchev–Trinajstić information content (AvgIpc) is 3.16. The number of aryl methyl sites for hydroxylation is 2. The Bertz CT molecular complexity index is 683. The van der Waals surface area contributed by atoms with Crippen LogP contribution in [-0.4, -0.2) is 36.1 Å². The standard InChI is InChI=1S/C19H24N2O3/c1-12-3-6-16(9-13(12)2)21-8-7-17(19(21)24)18(23)20-15-5-4-14(10-15)11-22/h3-6,9,14-15,17,22H,7-8,10-11H2,1-2H3,(H,20,23)/t14-,15+,17?/m0/s1. The summed E-state index contributed by atoms with van der Waals surface area (Å²) in [6, 6.07) is 5.85. The number of carbonyl (C=O) groups is 2. The van der Waals surface area contributed by atoms with Crippen molar-refractivity contribution in [1.29, 1.82) is 0 Å². The zero-order chi connectivity index (χ0) is 17.3. The third-order valence-electron chi connectivity index (χ3n) is 5.06. The first-order chi connectivity index (χ1) is 11.5. The maximum absolute atomic E-state index is 12.6. The molecule has 0 spiro atoms. The van der Waals surface area contributed by atoms with Gasteiger partial charge in [0.1, 0.15) is 5.92 Å². The number of aliphatic hydroxyl groups is 1. The van der Waals surface area contributed by atoms with Crippen molar-refractivity contribution in [3.63, 3.8) is 0 Å². The number of carbonyl (C=O) groups excluding carboxylic acids is 2. The van der Waals surface area contributed by atoms with Gasteiger partial charge in [-0.2, -0.15) is 0 Å². The number of hydrogen-bond acceptors (Lipinski definition) is 3. The Labute approximate surface area is 142 Å². The van der Waals surface area contributed by atoms with Crippen LogP contribution >= 0.6 is 0 Å². The molecule has 5 heteroatoms. The molecular weight excluding hydrogens is 304 g/mol. The first-order valence-corrected chi connectivity index (χ1v) is 8.47. The molecule has 5 nitrogen and oxygen atoms in total. The normalized spacial score (nSPS) is 26.2. The maximum Gasteiger partial charge on any atom is 0.239 e. The molecule has 1 heterocycles. The SMILES string of the molecule is Cc1ccc(N2CCC(C(=O)N[C@@H]3C=C[C@H](CO)C3)C2=O)cc1C. The summed E-state index contributed by atoms with van der Waals surface area (Å²) in [6.45, 7) is 4.72. The number of nitrogens with one attached hydrogen (secondary N) is 1. The smallest absolute Gasteiger partial charge is 0.239 e. The zero-order valence-corrected chi connectivity index (χ0v) is 14.2. The molecule has 1 fully saturated rings. The van der Waals surface area contributed by atoms with Gasteiger partial charge in [0.25, 0.3) is 0 Å². The van der Waals surface area contributed by atoms with E-state index in [0.29, 0.717) is 19.4 Å². The first-order valence-electron chi connectivity index (χ1n) is 8.47. The topological polar surface area (TPSA) is 69.6 Å². The fourth-order valence-electron chi connectivity index (χ4n) is 3.37. The van der Waals surface area contributed by atoms with Gasteiger partial charge in [0, 0.05) is 30.8 Å². The lowest BCUT2D eigenvalue weighted by atomic mass is 10.1. The second-order valence-corrected chi connectivity index (χ2v) is 6.78. The van der Waals surface area contributed by atoms with E-state index in [1.165, 1.54) is 5.56 Å². The molecule has 1 aromatic rings. The number of rotatable bonds is 4. The van der Waals surface area contributed by atoms with Gasteiger partial charge in [-0.25, -0.2) is 0 Å². The summed E-state index contributed by atoms with van der Waals surface area (Å²) < 4.78 is 0. The van der Waals surface area contributed by atoms with Crippen LogP contribution in [0.3, 0.4) is 0 Å². The molecule has 0 radical (unpaired) electrons. The summed E-state index contributed by atoms with van der Waals surface area (Å²) in [7, 11) is 0.